The number of carbonyl (C=O) groups excluding carboxylic acids is 2. The molecule has 1 fully saturated rings. The van der Waals surface area contributed by atoms with Gasteiger partial charge in [-0.2, -0.15) is 0 Å². The normalized spacial score (nSPS) is 20.2. The molecule has 0 bridgehead atoms. The first-order valence-corrected chi connectivity index (χ1v) is 8.58. The van der Waals surface area contributed by atoms with Crippen LogP contribution in [0, 0.1) is 5.92 Å². The van der Waals surface area contributed by atoms with Gasteiger partial charge in [-0.05, 0) is 36.3 Å². The van der Waals surface area contributed by atoms with Crippen LogP contribution in [0.4, 0.5) is 0 Å². The molecule has 0 unspecified atom stereocenters. The summed E-state index contributed by atoms with van der Waals surface area (Å²) in [5.74, 6) is -0.334. The van der Waals surface area contributed by atoms with E-state index in [1.807, 2.05) is 41.8 Å². The summed E-state index contributed by atoms with van der Waals surface area (Å²) in [7, 11) is 1.41. The highest BCUT2D eigenvalue weighted by Gasteiger charge is 2.32. The Labute approximate surface area is 139 Å². The minimum Gasteiger partial charge on any atom is -0.469 e. The standard InChI is InChI=1S/C18H19NO3S/c1-22-18(21)13-7-8-14(11-13)19-17(20)16-15(9-10-23-16)12-5-3-2-4-6-12/h2-6,9-10,13-14H,7-8,11H2,1H3,(H,19,20)/t13-,14+/m0/s1. The van der Waals surface area contributed by atoms with Crippen LogP contribution in [0.1, 0.15) is 28.9 Å². The number of hydrogen-bond acceptors (Lipinski definition) is 4. The van der Waals surface area contributed by atoms with E-state index in [9.17, 15) is 9.59 Å². The maximum atomic E-state index is 12.6. The average molecular weight is 329 g/mol. The molecule has 1 aromatic heterocycles. The topological polar surface area (TPSA) is 55.4 Å². The van der Waals surface area contributed by atoms with E-state index in [1.54, 1.807) is 0 Å². The van der Waals surface area contributed by atoms with E-state index in [-0.39, 0.29) is 23.8 Å². The van der Waals surface area contributed by atoms with E-state index in [0.717, 1.165) is 28.8 Å². The lowest BCUT2D eigenvalue weighted by Gasteiger charge is -2.13. The number of methoxy groups -OCH3 is 1. The smallest absolute Gasteiger partial charge is 0.308 e. The molecule has 2 atom stereocenters. The third kappa shape index (κ3) is 3.45. The number of nitrogens with one attached hydrogen (secondary N) is 1. The van der Waals surface area contributed by atoms with Crippen molar-refractivity contribution in [1.29, 1.82) is 0 Å². The highest BCUT2D eigenvalue weighted by Crippen LogP contribution is 2.30. The summed E-state index contributed by atoms with van der Waals surface area (Å²) >= 11 is 1.44. The Morgan fingerprint density at radius 3 is 2.70 bits per heavy atom. The summed E-state index contributed by atoms with van der Waals surface area (Å²) in [6.45, 7) is 0. The molecule has 2 aromatic rings. The number of thiophene rings is 1. The monoisotopic (exact) mass is 329 g/mol. The first kappa shape index (κ1) is 15.7. The van der Waals surface area contributed by atoms with Crippen molar-refractivity contribution in [2.45, 2.75) is 25.3 Å². The fourth-order valence-electron chi connectivity index (χ4n) is 3.07. The third-order valence-electron chi connectivity index (χ3n) is 4.26. The molecule has 1 aliphatic rings. The van der Waals surface area contributed by atoms with Crippen molar-refractivity contribution in [2.75, 3.05) is 7.11 Å². The Hall–Kier alpha value is -2.14. The predicted molar refractivity (Wildman–Crippen MR) is 90.4 cm³/mol. The van der Waals surface area contributed by atoms with Gasteiger partial charge in [-0.1, -0.05) is 30.3 Å². The Bertz CT molecular complexity index is 695. The van der Waals surface area contributed by atoms with Gasteiger partial charge in [0.1, 0.15) is 0 Å². The largest absolute Gasteiger partial charge is 0.469 e. The van der Waals surface area contributed by atoms with E-state index < -0.39 is 0 Å². The summed E-state index contributed by atoms with van der Waals surface area (Å²) in [4.78, 5) is 24.9. The Kier molecular flexibility index (Phi) is 4.76. The van der Waals surface area contributed by atoms with Gasteiger partial charge in [-0.25, -0.2) is 0 Å². The third-order valence-corrected chi connectivity index (χ3v) is 5.17. The molecule has 23 heavy (non-hydrogen) atoms. The maximum absolute atomic E-state index is 12.6. The minimum absolute atomic E-state index is 0.0392. The van der Waals surface area contributed by atoms with Crippen LogP contribution >= 0.6 is 11.3 Å². The van der Waals surface area contributed by atoms with Crippen LogP contribution in [0.25, 0.3) is 11.1 Å². The van der Waals surface area contributed by atoms with Gasteiger partial charge in [0, 0.05) is 11.6 Å². The lowest BCUT2D eigenvalue weighted by Crippen LogP contribution is -2.33. The highest BCUT2D eigenvalue weighted by molar-refractivity contribution is 7.12. The molecule has 0 saturated heterocycles. The fourth-order valence-corrected chi connectivity index (χ4v) is 3.89. The van der Waals surface area contributed by atoms with Gasteiger partial charge in [0.25, 0.3) is 5.91 Å². The minimum atomic E-state index is -0.178. The molecule has 4 nitrogen and oxygen atoms in total. The lowest BCUT2D eigenvalue weighted by molar-refractivity contribution is -0.145. The molecule has 0 aliphatic heterocycles. The van der Waals surface area contributed by atoms with Crippen LogP contribution in [0.5, 0.6) is 0 Å². The van der Waals surface area contributed by atoms with Crippen LogP contribution in [-0.4, -0.2) is 25.0 Å². The molecule has 120 valence electrons. The zero-order valence-corrected chi connectivity index (χ0v) is 13.8. The van der Waals surface area contributed by atoms with Crippen molar-refractivity contribution < 1.29 is 14.3 Å². The molecule has 3 rings (SSSR count). The SMILES string of the molecule is COC(=O)[C@H]1CC[C@@H](NC(=O)c2sccc2-c2ccccc2)C1. The molecule has 1 aliphatic carbocycles. The number of benzene rings is 1. The van der Waals surface area contributed by atoms with Crippen molar-refractivity contribution in [3.8, 4) is 11.1 Å². The number of hydrogen-bond donors (Lipinski definition) is 1. The number of ether oxygens (including phenoxy) is 1. The summed E-state index contributed by atoms with van der Waals surface area (Å²) in [5.41, 5.74) is 1.99. The number of rotatable bonds is 4. The van der Waals surface area contributed by atoms with Gasteiger partial charge < -0.3 is 10.1 Å². The fraction of sp³-hybridized carbons (Fsp3) is 0.333. The molecule has 1 amide bonds. The molecule has 1 N–H and O–H groups in total. The number of esters is 1. The predicted octanol–water partition coefficient (Wildman–Crippen LogP) is 3.49. The van der Waals surface area contributed by atoms with E-state index >= 15 is 0 Å². The summed E-state index contributed by atoms with van der Waals surface area (Å²) in [6.07, 6.45) is 2.25. The number of carbonyl (C=O) groups is 2. The van der Waals surface area contributed by atoms with Gasteiger partial charge in [-0.15, -0.1) is 11.3 Å². The van der Waals surface area contributed by atoms with Crippen molar-refractivity contribution in [1.82, 2.24) is 5.32 Å². The van der Waals surface area contributed by atoms with E-state index in [1.165, 1.54) is 18.4 Å². The number of amides is 1. The van der Waals surface area contributed by atoms with Crippen LogP contribution < -0.4 is 5.32 Å². The Morgan fingerprint density at radius 2 is 1.96 bits per heavy atom. The first-order valence-electron chi connectivity index (χ1n) is 7.70. The van der Waals surface area contributed by atoms with E-state index in [2.05, 4.69) is 5.32 Å². The van der Waals surface area contributed by atoms with Gasteiger partial charge in [0.15, 0.2) is 0 Å². The summed E-state index contributed by atoms with van der Waals surface area (Å²) < 4.78 is 4.79. The zero-order valence-electron chi connectivity index (χ0n) is 13.0. The van der Waals surface area contributed by atoms with Crippen LogP contribution in [-0.2, 0) is 9.53 Å². The van der Waals surface area contributed by atoms with Gasteiger partial charge in [0.05, 0.1) is 17.9 Å². The first-order chi connectivity index (χ1) is 11.2. The Morgan fingerprint density at radius 1 is 1.17 bits per heavy atom. The van der Waals surface area contributed by atoms with E-state index in [0.29, 0.717) is 6.42 Å². The van der Waals surface area contributed by atoms with Crippen molar-refractivity contribution >= 4 is 23.2 Å². The van der Waals surface area contributed by atoms with Gasteiger partial charge in [0.2, 0.25) is 0 Å². The summed E-state index contributed by atoms with van der Waals surface area (Å²) in [6, 6.07) is 11.9. The zero-order chi connectivity index (χ0) is 16.2. The molecular formula is C18H19NO3S. The lowest BCUT2D eigenvalue weighted by atomic mass is 10.1. The van der Waals surface area contributed by atoms with Crippen molar-refractivity contribution in [2.24, 2.45) is 5.92 Å². The molecule has 1 aromatic carbocycles. The van der Waals surface area contributed by atoms with Crippen LogP contribution in [0.2, 0.25) is 0 Å². The van der Waals surface area contributed by atoms with Gasteiger partial charge in [-0.3, -0.25) is 9.59 Å². The quantitative estimate of drug-likeness (QED) is 0.874. The molecule has 5 heteroatoms. The maximum Gasteiger partial charge on any atom is 0.308 e. The summed E-state index contributed by atoms with van der Waals surface area (Å²) in [5, 5.41) is 5.00. The van der Waals surface area contributed by atoms with Crippen molar-refractivity contribution in [3.05, 3.63) is 46.7 Å². The van der Waals surface area contributed by atoms with Crippen LogP contribution in [0.3, 0.4) is 0 Å². The Balaban J connectivity index is 1.69. The second kappa shape index (κ2) is 6.96. The molecule has 0 spiro atoms. The highest BCUT2D eigenvalue weighted by atomic mass is 32.1. The van der Waals surface area contributed by atoms with Gasteiger partial charge >= 0.3 is 5.97 Å². The molecule has 1 heterocycles. The second-order valence-corrected chi connectivity index (χ2v) is 6.65. The molecule has 1 saturated carbocycles. The average Bonchev–Trinajstić information content (AvgIpc) is 3.24. The van der Waals surface area contributed by atoms with Crippen molar-refractivity contribution in [3.63, 3.8) is 0 Å². The van der Waals surface area contributed by atoms with Crippen LogP contribution in [0.15, 0.2) is 41.8 Å². The molecular weight excluding hydrogens is 310 g/mol. The second-order valence-electron chi connectivity index (χ2n) is 5.73. The van der Waals surface area contributed by atoms with E-state index in [4.69, 9.17) is 4.74 Å². The molecule has 0 radical (unpaired) electrons.